The van der Waals surface area contributed by atoms with Crippen LogP contribution in [0.25, 0.3) is 0 Å². The molecular formula is C15H13BrFNO. The Kier molecular flexibility index (Phi) is 4.00. The Balaban J connectivity index is 2.28. The molecule has 0 aromatic heterocycles. The highest BCUT2D eigenvalue weighted by atomic mass is 79.9. The van der Waals surface area contributed by atoms with Crippen molar-refractivity contribution in [1.82, 2.24) is 0 Å². The number of aryl methyl sites for hydroxylation is 2. The summed E-state index contributed by atoms with van der Waals surface area (Å²) in [6.45, 7) is 3.64. The van der Waals surface area contributed by atoms with E-state index in [0.29, 0.717) is 11.3 Å². The van der Waals surface area contributed by atoms with Gasteiger partial charge < -0.3 is 5.32 Å². The number of anilines is 1. The van der Waals surface area contributed by atoms with Gasteiger partial charge in [-0.1, -0.05) is 22.0 Å². The van der Waals surface area contributed by atoms with Gasteiger partial charge >= 0.3 is 0 Å². The molecule has 2 aromatic carbocycles. The number of carbonyl (C=O) groups is 1. The molecule has 0 spiro atoms. The molecule has 0 saturated carbocycles. The van der Waals surface area contributed by atoms with Crippen LogP contribution in [0.4, 0.5) is 10.1 Å². The summed E-state index contributed by atoms with van der Waals surface area (Å²) in [5.41, 5.74) is 2.66. The molecule has 98 valence electrons. The number of amides is 1. The van der Waals surface area contributed by atoms with Crippen LogP contribution in [0.15, 0.2) is 40.9 Å². The molecule has 1 amide bonds. The smallest absolute Gasteiger partial charge is 0.255 e. The first-order chi connectivity index (χ1) is 8.95. The SMILES string of the molecule is Cc1cc(F)cc(NC(=O)c2cc(Br)ccc2C)c1. The van der Waals surface area contributed by atoms with Gasteiger partial charge in [0.05, 0.1) is 0 Å². The average molecular weight is 322 g/mol. The predicted molar refractivity (Wildman–Crippen MR) is 78.0 cm³/mol. The molecule has 0 aliphatic carbocycles. The van der Waals surface area contributed by atoms with Gasteiger partial charge in [-0.15, -0.1) is 0 Å². The Bertz CT molecular complexity index is 620. The number of carbonyl (C=O) groups excluding carboxylic acids is 1. The van der Waals surface area contributed by atoms with Crippen LogP contribution in [0.3, 0.4) is 0 Å². The predicted octanol–water partition coefficient (Wildman–Crippen LogP) is 4.46. The van der Waals surface area contributed by atoms with E-state index >= 15 is 0 Å². The topological polar surface area (TPSA) is 29.1 Å². The quantitative estimate of drug-likeness (QED) is 0.869. The molecule has 2 rings (SSSR count). The standard InChI is InChI=1S/C15H13BrFNO/c1-9-5-12(17)8-13(6-9)18-15(19)14-7-11(16)4-3-10(14)2/h3-8H,1-2H3,(H,18,19). The summed E-state index contributed by atoms with van der Waals surface area (Å²) in [6.07, 6.45) is 0. The van der Waals surface area contributed by atoms with Crippen molar-refractivity contribution in [3.63, 3.8) is 0 Å². The second kappa shape index (κ2) is 5.53. The molecule has 0 aliphatic rings. The fourth-order valence-electron chi connectivity index (χ4n) is 1.85. The lowest BCUT2D eigenvalue weighted by molar-refractivity contribution is 0.102. The van der Waals surface area contributed by atoms with Crippen molar-refractivity contribution < 1.29 is 9.18 Å². The van der Waals surface area contributed by atoms with Gasteiger partial charge in [-0.2, -0.15) is 0 Å². The van der Waals surface area contributed by atoms with Gasteiger partial charge in [-0.05, 0) is 55.3 Å². The zero-order valence-corrected chi connectivity index (χ0v) is 12.2. The van der Waals surface area contributed by atoms with Crippen LogP contribution in [0.2, 0.25) is 0 Å². The Morgan fingerprint density at radius 1 is 1.16 bits per heavy atom. The van der Waals surface area contributed by atoms with E-state index in [1.165, 1.54) is 12.1 Å². The van der Waals surface area contributed by atoms with E-state index < -0.39 is 0 Å². The second-order valence-electron chi connectivity index (χ2n) is 4.43. The Labute approximate surface area is 119 Å². The summed E-state index contributed by atoms with van der Waals surface area (Å²) in [5, 5.41) is 2.71. The largest absolute Gasteiger partial charge is 0.322 e. The van der Waals surface area contributed by atoms with Crippen molar-refractivity contribution in [3.8, 4) is 0 Å². The molecule has 0 atom stereocenters. The molecule has 2 nitrogen and oxygen atoms in total. The van der Waals surface area contributed by atoms with Gasteiger partial charge in [0.15, 0.2) is 0 Å². The number of hydrogen-bond acceptors (Lipinski definition) is 1. The van der Waals surface area contributed by atoms with Gasteiger partial charge in [0, 0.05) is 15.7 Å². The fourth-order valence-corrected chi connectivity index (χ4v) is 2.21. The maximum absolute atomic E-state index is 13.3. The van der Waals surface area contributed by atoms with Crippen molar-refractivity contribution in [1.29, 1.82) is 0 Å². The number of nitrogens with one attached hydrogen (secondary N) is 1. The monoisotopic (exact) mass is 321 g/mol. The highest BCUT2D eigenvalue weighted by Gasteiger charge is 2.10. The van der Waals surface area contributed by atoms with Crippen molar-refractivity contribution in [2.45, 2.75) is 13.8 Å². The van der Waals surface area contributed by atoms with E-state index in [-0.39, 0.29) is 11.7 Å². The lowest BCUT2D eigenvalue weighted by Gasteiger charge is -2.09. The molecule has 1 N–H and O–H groups in total. The third kappa shape index (κ3) is 3.41. The molecule has 2 aromatic rings. The molecule has 0 bridgehead atoms. The highest BCUT2D eigenvalue weighted by molar-refractivity contribution is 9.10. The van der Waals surface area contributed by atoms with Gasteiger partial charge in [-0.25, -0.2) is 4.39 Å². The van der Waals surface area contributed by atoms with E-state index in [4.69, 9.17) is 0 Å². The first-order valence-corrected chi connectivity index (χ1v) is 6.60. The zero-order chi connectivity index (χ0) is 14.0. The number of halogens is 2. The van der Waals surface area contributed by atoms with Crippen molar-refractivity contribution in [3.05, 3.63) is 63.4 Å². The minimum Gasteiger partial charge on any atom is -0.322 e. The summed E-state index contributed by atoms with van der Waals surface area (Å²) in [6, 6.07) is 9.93. The maximum atomic E-state index is 13.3. The third-order valence-corrected chi connectivity index (χ3v) is 3.24. The van der Waals surface area contributed by atoms with Crippen molar-refractivity contribution in [2.24, 2.45) is 0 Å². The average Bonchev–Trinajstić information content (AvgIpc) is 2.30. The minimum absolute atomic E-state index is 0.246. The van der Waals surface area contributed by atoms with E-state index in [2.05, 4.69) is 21.2 Å². The van der Waals surface area contributed by atoms with Crippen LogP contribution in [0, 0.1) is 19.7 Å². The van der Waals surface area contributed by atoms with Crippen LogP contribution in [0.1, 0.15) is 21.5 Å². The molecule has 19 heavy (non-hydrogen) atoms. The Morgan fingerprint density at radius 2 is 1.89 bits per heavy atom. The molecular weight excluding hydrogens is 309 g/mol. The molecule has 0 heterocycles. The van der Waals surface area contributed by atoms with Gasteiger partial charge in [0.25, 0.3) is 5.91 Å². The number of benzene rings is 2. The molecule has 0 aliphatic heterocycles. The Morgan fingerprint density at radius 3 is 2.58 bits per heavy atom. The third-order valence-electron chi connectivity index (χ3n) is 2.74. The zero-order valence-electron chi connectivity index (χ0n) is 10.6. The van der Waals surface area contributed by atoms with Crippen LogP contribution >= 0.6 is 15.9 Å². The summed E-state index contributed by atoms with van der Waals surface area (Å²) in [7, 11) is 0. The molecule has 4 heteroatoms. The number of rotatable bonds is 2. The lowest BCUT2D eigenvalue weighted by Crippen LogP contribution is -2.13. The summed E-state index contributed by atoms with van der Waals surface area (Å²) in [4.78, 5) is 12.2. The van der Waals surface area contributed by atoms with Crippen LogP contribution < -0.4 is 5.32 Å². The van der Waals surface area contributed by atoms with Crippen molar-refractivity contribution in [2.75, 3.05) is 5.32 Å². The fraction of sp³-hybridized carbons (Fsp3) is 0.133. The van der Waals surface area contributed by atoms with Crippen molar-refractivity contribution >= 4 is 27.5 Å². The molecule has 0 radical (unpaired) electrons. The first kappa shape index (κ1) is 13.7. The second-order valence-corrected chi connectivity index (χ2v) is 5.35. The summed E-state index contributed by atoms with van der Waals surface area (Å²) >= 11 is 3.33. The van der Waals surface area contributed by atoms with Crippen LogP contribution in [-0.2, 0) is 0 Å². The van der Waals surface area contributed by atoms with E-state index in [0.717, 1.165) is 15.6 Å². The van der Waals surface area contributed by atoms with Gasteiger partial charge in [0.2, 0.25) is 0 Å². The van der Waals surface area contributed by atoms with E-state index in [1.807, 2.05) is 19.1 Å². The number of hydrogen-bond donors (Lipinski definition) is 1. The van der Waals surface area contributed by atoms with E-state index in [9.17, 15) is 9.18 Å². The molecule has 0 saturated heterocycles. The van der Waals surface area contributed by atoms with Crippen LogP contribution in [0.5, 0.6) is 0 Å². The Hall–Kier alpha value is -1.68. The molecule has 0 unspecified atom stereocenters. The lowest BCUT2D eigenvalue weighted by atomic mass is 10.1. The highest BCUT2D eigenvalue weighted by Crippen LogP contribution is 2.19. The van der Waals surface area contributed by atoms with E-state index in [1.54, 1.807) is 19.1 Å². The summed E-state index contributed by atoms with van der Waals surface area (Å²) < 4.78 is 14.1. The maximum Gasteiger partial charge on any atom is 0.255 e. The van der Waals surface area contributed by atoms with Gasteiger partial charge in [0.1, 0.15) is 5.82 Å². The van der Waals surface area contributed by atoms with Gasteiger partial charge in [-0.3, -0.25) is 4.79 Å². The summed E-state index contributed by atoms with van der Waals surface area (Å²) in [5.74, 6) is -0.606. The first-order valence-electron chi connectivity index (χ1n) is 5.80. The normalized spacial score (nSPS) is 10.3. The molecule has 0 fully saturated rings. The minimum atomic E-state index is -0.360. The van der Waals surface area contributed by atoms with Crippen LogP contribution in [-0.4, -0.2) is 5.91 Å².